The summed E-state index contributed by atoms with van der Waals surface area (Å²) in [5.41, 5.74) is 0. The van der Waals surface area contributed by atoms with Crippen molar-refractivity contribution in [3.8, 4) is 0 Å². The van der Waals surface area contributed by atoms with Crippen molar-refractivity contribution in [1.82, 2.24) is 0 Å². The van der Waals surface area contributed by atoms with Crippen LogP contribution >= 0.6 is 0 Å². The first kappa shape index (κ1) is 11.3. The van der Waals surface area contributed by atoms with Crippen molar-refractivity contribution < 1.29 is 9.59 Å². The molecule has 0 aromatic carbocycles. The molecule has 0 aliphatic heterocycles. The van der Waals surface area contributed by atoms with E-state index in [0.29, 0.717) is 6.42 Å². The van der Waals surface area contributed by atoms with Crippen LogP contribution in [-0.2, 0) is 9.59 Å². The molecular weight excluding hydrogens is 152 g/mol. The normalized spacial score (nSPS) is 13.1. The van der Waals surface area contributed by atoms with Gasteiger partial charge in [0, 0.05) is 6.42 Å². The maximum atomic E-state index is 11.4. The molecule has 0 bridgehead atoms. The van der Waals surface area contributed by atoms with Crippen molar-refractivity contribution in [2.75, 3.05) is 0 Å². The van der Waals surface area contributed by atoms with E-state index in [9.17, 15) is 9.59 Å². The monoisotopic (exact) mass is 170 g/mol. The molecule has 0 aromatic rings. The van der Waals surface area contributed by atoms with Gasteiger partial charge in [0.2, 0.25) is 0 Å². The topological polar surface area (TPSA) is 34.1 Å². The average molecular weight is 170 g/mol. The van der Waals surface area contributed by atoms with E-state index in [2.05, 4.69) is 0 Å². The molecule has 2 heteroatoms. The summed E-state index contributed by atoms with van der Waals surface area (Å²) in [5, 5.41) is 0. The Hall–Kier alpha value is -0.660. The molecule has 0 rings (SSSR count). The smallest absolute Gasteiger partial charge is 0.143 e. The molecule has 70 valence electrons. The van der Waals surface area contributed by atoms with E-state index in [0.717, 1.165) is 6.42 Å². The summed E-state index contributed by atoms with van der Waals surface area (Å²) >= 11 is 0. The van der Waals surface area contributed by atoms with Gasteiger partial charge in [0.05, 0.1) is 5.92 Å². The molecule has 0 N–H and O–H groups in total. The van der Waals surface area contributed by atoms with Crippen LogP contribution in [0.2, 0.25) is 0 Å². The van der Waals surface area contributed by atoms with Gasteiger partial charge in [-0.05, 0) is 19.3 Å². The quantitative estimate of drug-likeness (QED) is 0.593. The van der Waals surface area contributed by atoms with Crippen molar-refractivity contribution >= 4 is 11.6 Å². The van der Waals surface area contributed by atoms with Crippen LogP contribution in [0.3, 0.4) is 0 Å². The zero-order valence-electron chi connectivity index (χ0n) is 8.39. The van der Waals surface area contributed by atoms with Crippen LogP contribution < -0.4 is 0 Å². The van der Waals surface area contributed by atoms with Crippen molar-refractivity contribution in [2.45, 2.75) is 40.5 Å². The number of carbonyl (C=O) groups excluding carboxylic acids is 2. The number of ketones is 2. The minimum atomic E-state index is -0.370. The standard InChI is InChI=1S/C10H18O2/c1-5-6-9(12)10(7(2)3)8(4)11/h7,10H,5-6H2,1-4H3. The zero-order valence-corrected chi connectivity index (χ0v) is 8.39. The van der Waals surface area contributed by atoms with Gasteiger partial charge in [0.1, 0.15) is 11.6 Å². The van der Waals surface area contributed by atoms with Crippen molar-refractivity contribution in [3.05, 3.63) is 0 Å². The first-order chi connectivity index (χ1) is 5.50. The molecular formula is C10H18O2. The van der Waals surface area contributed by atoms with E-state index in [1.807, 2.05) is 20.8 Å². The van der Waals surface area contributed by atoms with E-state index < -0.39 is 0 Å². The highest BCUT2D eigenvalue weighted by Crippen LogP contribution is 2.15. The maximum Gasteiger partial charge on any atom is 0.143 e. The summed E-state index contributed by atoms with van der Waals surface area (Å²) in [7, 11) is 0. The SMILES string of the molecule is CCCC(=O)C(C(C)=O)C(C)C. The average Bonchev–Trinajstić information content (AvgIpc) is 1.85. The molecule has 0 aliphatic carbocycles. The fourth-order valence-electron chi connectivity index (χ4n) is 1.47. The molecule has 1 unspecified atom stereocenters. The Kier molecular flexibility index (Phi) is 4.79. The predicted octanol–water partition coefficient (Wildman–Crippen LogP) is 2.22. The van der Waals surface area contributed by atoms with Gasteiger partial charge in [0.25, 0.3) is 0 Å². The molecule has 0 aromatic heterocycles. The van der Waals surface area contributed by atoms with Gasteiger partial charge < -0.3 is 0 Å². The second kappa shape index (κ2) is 5.07. The lowest BCUT2D eigenvalue weighted by Crippen LogP contribution is -2.26. The molecule has 2 nitrogen and oxygen atoms in total. The molecule has 0 spiro atoms. The molecule has 0 saturated heterocycles. The Morgan fingerprint density at radius 1 is 1.25 bits per heavy atom. The van der Waals surface area contributed by atoms with Crippen LogP contribution in [0.4, 0.5) is 0 Å². The molecule has 1 atom stereocenters. The van der Waals surface area contributed by atoms with Gasteiger partial charge in [-0.3, -0.25) is 9.59 Å². The van der Waals surface area contributed by atoms with Gasteiger partial charge >= 0.3 is 0 Å². The van der Waals surface area contributed by atoms with Gasteiger partial charge in [-0.15, -0.1) is 0 Å². The van der Waals surface area contributed by atoms with E-state index in [-0.39, 0.29) is 23.4 Å². The largest absolute Gasteiger partial charge is 0.299 e. The number of carbonyl (C=O) groups is 2. The van der Waals surface area contributed by atoms with Crippen LogP contribution in [0.5, 0.6) is 0 Å². The minimum Gasteiger partial charge on any atom is -0.299 e. The first-order valence-electron chi connectivity index (χ1n) is 4.53. The summed E-state index contributed by atoms with van der Waals surface area (Å²) in [6, 6.07) is 0. The summed E-state index contributed by atoms with van der Waals surface area (Å²) in [4.78, 5) is 22.5. The van der Waals surface area contributed by atoms with E-state index in [1.165, 1.54) is 6.92 Å². The van der Waals surface area contributed by atoms with Crippen molar-refractivity contribution in [3.63, 3.8) is 0 Å². The number of hydrogen-bond donors (Lipinski definition) is 0. The second-order valence-corrected chi connectivity index (χ2v) is 3.55. The third kappa shape index (κ3) is 3.16. The molecule has 12 heavy (non-hydrogen) atoms. The lowest BCUT2D eigenvalue weighted by atomic mass is 9.86. The van der Waals surface area contributed by atoms with Gasteiger partial charge in [-0.2, -0.15) is 0 Å². The highest BCUT2D eigenvalue weighted by Gasteiger charge is 2.25. The highest BCUT2D eigenvalue weighted by atomic mass is 16.1. The van der Waals surface area contributed by atoms with E-state index in [1.54, 1.807) is 0 Å². The summed E-state index contributed by atoms with van der Waals surface area (Å²) in [6.45, 7) is 7.28. The summed E-state index contributed by atoms with van der Waals surface area (Å²) < 4.78 is 0. The van der Waals surface area contributed by atoms with Gasteiger partial charge in [-0.1, -0.05) is 20.8 Å². The lowest BCUT2D eigenvalue weighted by molar-refractivity contribution is -0.133. The van der Waals surface area contributed by atoms with Crippen LogP contribution in [0, 0.1) is 11.8 Å². The Morgan fingerprint density at radius 3 is 2.00 bits per heavy atom. The predicted molar refractivity (Wildman–Crippen MR) is 48.9 cm³/mol. The molecule has 0 amide bonds. The fraction of sp³-hybridized carbons (Fsp3) is 0.800. The van der Waals surface area contributed by atoms with Crippen molar-refractivity contribution in [2.24, 2.45) is 11.8 Å². The van der Waals surface area contributed by atoms with Gasteiger partial charge in [-0.25, -0.2) is 0 Å². The Bertz CT molecular complexity index is 171. The first-order valence-corrected chi connectivity index (χ1v) is 4.53. The molecule has 0 aliphatic rings. The Labute approximate surface area is 74.3 Å². The van der Waals surface area contributed by atoms with E-state index in [4.69, 9.17) is 0 Å². The highest BCUT2D eigenvalue weighted by molar-refractivity contribution is 6.01. The lowest BCUT2D eigenvalue weighted by Gasteiger charge is -2.15. The Morgan fingerprint density at radius 2 is 1.75 bits per heavy atom. The molecule has 0 saturated carbocycles. The van der Waals surface area contributed by atoms with Crippen LogP contribution in [-0.4, -0.2) is 11.6 Å². The fourth-order valence-corrected chi connectivity index (χ4v) is 1.47. The van der Waals surface area contributed by atoms with Crippen molar-refractivity contribution in [1.29, 1.82) is 0 Å². The number of hydrogen-bond acceptors (Lipinski definition) is 2. The zero-order chi connectivity index (χ0) is 9.72. The maximum absolute atomic E-state index is 11.4. The van der Waals surface area contributed by atoms with Crippen LogP contribution in [0.15, 0.2) is 0 Å². The van der Waals surface area contributed by atoms with Crippen LogP contribution in [0.25, 0.3) is 0 Å². The third-order valence-electron chi connectivity index (χ3n) is 1.95. The van der Waals surface area contributed by atoms with Crippen LogP contribution in [0.1, 0.15) is 40.5 Å². The second-order valence-electron chi connectivity index (χ2n) is 3.55. The van der Waals surface area contributed by atoms with E-state index >= 15 is 0 Å². The Balaban J connectivity index is 4.30. The molecule has 0 heterocycles. The number of rotatable bonds is 5. The summed E-state index contributed by atoms with van der Waals surface area (Å²) in [5.74, 6) is -0.130. The minimum absolute atomic E-state index is 0.00319. The third-order valence-corrected chi connectivity index (χ3v) is 1.95. The summed E-state index contributed by atoms with van der Waals surface area (Å²) in [6.07, 6.45) is 1.36. The van der Waals surface area contributed by atoms with Gasteiger partial charge in [0.15, 0.2) is 0 Å². The molecule has 0 radical (unpaired) electrons. The number of Topliss-reactive ketones (excluding diaryl/α,β-unsaturated/α-hetero) is 2. The molecule has 0 fully saturated rings.